The maximum absolute atomic E-state index is 4.23. The quantitative estimate of drug-likeness (QED) is 0.594. The summed E-state index contributed by atoms with van der Waals surface area (Å²) in [6, 6.07) is 0. The van der Waals surface area contributed by atoms with E-state index in [-0.39, 0.29) is 5.54 Å². The van der Waals surface area contributed by atoms with Crippen molar-refractivity contribution >= 4 is 0 Å². The zero-order valence-electron chi connectivity index (χ0n) is 8.49. The van der Waals surface area contributed by atoms with Gasteiger partial charge in [-0.2, -0.15) is 5.10 Å². The van der Waals surface area contributed by atoms with Crippen molar-refractivity contribution in [2.24, 2.45) is 0 Å². The molecule has 0 radical (unpaired) electrons. The van der Waals surface area contributed by atoms with Gasteiger partial charge in [0.2, 0.25) is 0 Å². The molecule has 0 amide bonds. The molecular formula is C9H16N4. The van der Waals surface area contributed by atoms with Gasteiger partial charge < -0.3 is 0 Å². The highest BCUT2D eigenvalue weighted by atomic mass is 15.4. The van der Waals surface area contributed by atoms with Gasteiger partial charge in [0.25, 0.3) is 0 Å². The first-order valence-corrected chi connectivity index (χ1v) is 4.69. The van der Waals surface area contributed by atoms with Gasteiger partial charge in [0.05, 0.1) is 13.1 Å². The lowest BCUT2D eigenvalue weighted by Gasteiger charge is -2.37. The Labute approximate surface area is 78.6 Å². The molecule has 0 aromatic carbocycles. The minimum Gasteiger partial charge on any atom is -0.289 e. The molecule has 13 heavy (non-hydrogen) atoms. The van der Waals surface area contributed by atoms with Crippen LogP contribution in [0.2, 0.25) is 0 Å². The first-order valence-electron chi connectivity index (χ1n) is 4.69. The van der Waals surface area contributed by atoms with E-state index < -0.39 is 0 Å². The Morgan fingerprint density at radius 3 is 2.77 bits per heavy atom. The van der Waals surface area contributed by atoms with Gasteiger partial charge in [-0.25, -0.2) is 9.67 Å². The normalized spacial score (nSPS) is 18.7. The molecule has 1 aromatic rings. The third-order valence-corrected chi connectivity index (χ3v) is 2.56. The Kier molecular flexibility index (Phi) is 1.87. The summed E-state index contributed by atoms with van der Waals surface area (Å²) in [6.45, 7) is 9.66. The van der Waals surface area contributed by atoms with Crippen molar-refractivity contribution < 1.29 is 0 Å². The number of hydrogen-bond acceptors (Lipinski definition) is 3. The Morgan fingerprint density at radius 2 is 2.08 bits per heavy atom. The molecule has 0 N–H and O–H groups in total. The van der Waals surface area contributed by atoms with Crippen LogP contribution >= 0.6 is 0 Å². The van der Waals surface area contributed by atoms with Crippen molar-refractivity contribution in [3.05, 3.63) is 12.2 Å². The molecule has 0 atom stereocenters. The molecule has 1 aliphatic heterocycles. The molecule has 0 saturated heterocycles. The van der Waals surface area contributed by atoms with Crippen molar-refractivity contribution in [1.29, 1.82) is 0 Å². The summed E-state index contributed by atoms with van der Waals surface area (Å²) in [6.07, 6.45) is 1.64. The smallest absolute Gasteiger partial charge is 0.141 e. The molecule has 0 fully saturated rings. The maximum atomic E-state index is 4.23. The van der Waals surface area contributed by atoms with Gasteiger partial charge in [-0.1, -0.05) is 0 Å². The van der Waals surface area contributed by atoms with Gasteiger partial charge >= 0.3 is 0 Å². The molecule has 4 nitrogen and oxygen atoms in total. The van der Waals surface area contributed by atoms with Crippen LogP contribution in [-0.2, 0) is 13.1 Å². The van der Waals surface area contributed by atoms with E-state index in [0.717, 1.165) is 25.5 Å². The molecule has 72 valence electrons. The molecule has 0 saturated carbocycles. The average Bonchev–Trinajstić information content (AvgIpc) is 2.47. The van der Waals surface area contributed by atoms with Gasteiger partial charge in [-0.3, -0.25) is 4.90 Å². The SMILES string of the molecule is CC(C)(C)N1CCn2ncnc2C1. The van der Waals surface area contributed by atoms with Crippen molar-refractivity contribution in [2.75, 3.05) is 6.54 Å². The third kappa shape index (κ3) is 1.58. The lowest BCUT2D eigenvalue weighted by atomic mass is 10.1. The Hall–Kier alpha value is -0.900. The summed E-state index contributed by atoms with van der Waals surface area (Å²) in [5.74, 6) is 1.08. The summed E-state index contributed by atoms with van der Waals surface area (Å²) in [7, 11) is 0. The van der Waals surface area contributed by atoms with E-state index in [4.69, 9.17) is 0 Å². The molecule has 0 bridgehead atoms. The second kappa shape index (κ2) is 2.80. The lowest BCUT2D eigenvalue weighted by Crippen LogP contribution is -2.46. The number of aromatic nitrogens is 3. The molecule has 0 aliphatic carbocycles. The lowest BCUT2D eigenvalue weighted by molar-refractivity contribution is 0.0967. The Balaban J connectivity index is 2.18. The summed E-state index contributed by atoms with van der Waals surface area (Å²) >= 11 is 0. The maximum Gasteiger partial charge on any atom is 0.141 e. The molecule has 1 aliphatic rings. The van der Waals surface area contributed by atoms with Crippen LogP contribution in [0.4, 0.5) is 0 Å². The fraction of sp³-hybridized carbons (Fsp3) is 0.778. The molecule has 2 rings (SSSR count). The topological polar surface area (TPSA) is 34.0 Å². The first-order chi connectivity index (χ1) is 6.07. The highest BCUT2D eigenvalue weighted by Crippen LogP contribution is 2.19. The minimum absolute atomic E-state index is 0.233. The Bertz CT molecular complexity index is 297. The molecule has 0 unspecified atom stereocenters. The van der Waals surface area contributed by atoms with Crippen LogP contribution in [0.15, 0.2) is 6.33 Å². The number of hydrogen-bond donors (Lipinski definition) is 0. The van der Waals surface area contributed by atoms with Crippen LogP contribution in [-0.4, -0.2) is 31.7 Å². The monoisotopic (exact) mass is 180 g/mol. The molecule has 1 aromatic heterocycles. The van der Waals surface area contributed by atoms with Crippen LogP contribution in [0.3, 0.4) is 0 Å². The van der Waals surface area contributed by atoms with Crippen LogP contribution in [0, 0.1) is 0 Å². The summed E-state index contributed by atoms with van der Waals surface area (Å²) in [5, 5.41) is 4.15. The van der Waals surface area contributed by atoms with Crippen molar-refractivity contribution in [3.8, 4) is 0 Å². The molecular weight excluding hydrogens is 164 g/mol. The van der Waals surface area contributed by atoms with Crippen LogP contribution < -0.4 is 0 Å². The summed E-state index contributed by atoms with van der Waals surface area (Å²) < 4.78 is 1.99. The predicted molar refractivity (Wildman–Crippen MR) is 50.2 cm³/mol. The molecule has 4 heteroatoms. The van der Waals surface area contributed by atoms with Crippen molar-refractivity contribution in [2.45, 2.75) is 39.4 Å². The van der Waals surface area contributed by atoms with Crippen molar-refractivity contribution in [3.63, 3.8) is 0 Å². The van der Waals surface area contributed by atoms with E-state index in [2.05, 4.69) is 35.8 Å². The zero-order valence-corrected chi connectivity index (χ0v) is 8.49. The fourth-order valence-electron chi connectivity index (χ4n) is 1.64. The number of nitrogens with zero attached hydrogens (tertiary/aromatic N) is 4. The van der Waals surface area contributed by atoms with E-state index in [1.165, 1.54) is 0 Å². The van der Waals surface area contributed by atoms with Gasteiger partial charge in [-0.05, 0) is 20.8 Å². The fourth-order valence-corrected chi connectivity index (χ4v) is 1.64. The van der Waals surface area contributed by atoms with E-state index in [9.17, 15) is 0 Å². The van der Waals surface area contributed by atoms with Crippen molar-refractivity contribution in [1.82, 2.24) is 19.7 Å². The van der Waals surface area contributed by atoms with E-state index >= 15 is 0 Å². The zero-order chi connectivity index (χ0) is 9.47. The minimum atomic E-state index is 0.233. The highest BCUT2D eigenvalue weighted by Gasteiger charge is 2.26. The summed E-state index contributed by atoms with van der Waals surface area (Å²) in [5.41, 5.74) is 0.233. The highest BCUT2D eigenvalue weighted by molar-refractivity contribution is 4.92. The number of rotatable bonds is 0. The van der Waals surface area contributed by atoms with Gasteiger partial charge in [-0.15, -0.1) is 0 Å². The van der Waals surface area contributed by atoms with Crippen LogP contribution in [0.1, 0.15) is 26.6 Å². The summed E-state index contributed by atoms with van der Waals surface area (Å²) in [4.78, 5) is 6.66. The van der Waals surface area contributed by atoms with Crippen LogP contribution in [0.25, 0.3) is 0 Å². The van der Waals surface area contributed by atoms with Gasteiger partial charge in [0.15, 0.2) is 0 Å². The third-order valence-electron chi connectivity index (χ3n) is 2.56. The van der Waals surface area contributed by atoms with Gasteiger partial charge in [0.1, 0.15) is 12.2 Å². The predicted octanol–water partition coefficient (Wildman–Crippen LogP) is 0.892. The number of fused-ring (bicyclic) bond motifs is 1. The van der Waals surface area contributed by atoms with E-state index in [1.807, 2.05) is 4.68 Å². The van der Waals surface area contributed by atoms with E-state index in [1.54, 1.807) is 6.33 Å². The largest absolute Gasteiger partial charge is 0.289 e. The van der Waals surface area contributed by atoms with Gasteiger partial charge in [0, 0.05) is 12.1 Å². The standard InChI is InChI=1S/C9H16N4/c1-9(2,3)12-4-5-13-8(6-12)10-7-11-13/h7H,4-6H2,1-3H3. The second-order valence-corrected chi connectivity index (χ2v) is 4.49. The second-order valence-electron chi connectivity index (χ2n) is 4.49. The Morgan fingerprint density at radius 1 is 1.31 bits per heavy atom. The van der Waals surface area contributed by atoms with Crippen LogP contribution in [0.5, 0.6) is 0 Å². The molecule has 2 heterocycles. The average molecular weight is 180 g/mol. The first kappa shape index (κ1) is 8.69. The van der Waals surface area contributed by atoms with E-state index in [0.29, 0.717) is 0 Å². The molecule has 0 spiro atoms.